The zero-order valence-electron chi connectivity index (χ0n) is 15.1. The molecule has 4 aromatic rings. The largest absolute Gasteiger partial charge is 0.368 e. The third-order valence-electron chi connectivity index (χ3n) is 4.35. The number of fused-ring (bicyclic) bond motifs is 2. The SMILES string of the molecule is CN(C)CCNc1nc2cc(F)c(F)cc2cc1-c1nc2ccccc2[nH]1. The first-order valence-electron chi connectivity index (χ1n) is 8.65. The summed E-state index contributed by atoms with van der Waals surface area (Å²) < 4.78 is 27.3. The molecular weight excluding hydrogens is 348 g/mol. The van der Waals surface area contributed by atoms with Crippen molar-refractivity contribution in [2.75, 3.05) is 32.5 Å². The zero-order chi connectivity index (χ0) is 19.0. The lowest BCUT2D eigenvalue weighted by Gasteiger charge is -2.14. The first-order chi connectivity index (χ1) is 13.0. The van der Waals surface area contributed by atoms with Crippen LogP contribution in [0.1, 0.15) is 0 Å². The van der Waals surface area contributed by atoms with Crippen molar-refractivity contribution in [3.8, 4) is 11.4 Å². The molecule has 0 bridgehead atoms. The van der Waals surface area contributed by atoms with Gasteiger partial charge in [-0.1, -0.05) is 12.1 Å². The van der Waals surface area contributed by atoms with Crippen LogP contribution in [-0.2, 0) is 0 Å². The highest BCUT2D eigenvalue weighted by atomic mass is 19.2. The normalized spacial score (nSPS) is 11.6. The Bertz CT molecular complexity index is 1090. The molecule has 0 radical (unpaired) electrons. The molecule has 0 unspecified atom stereocenters. The van der Waals surface area contributed by atoms with E-state index in [1.165, 1.54) is 0 Å². The summed E-state index contributed by atoms with van der Waals surface area (Å²) in [6.07, 6.45) is 0. The van der Waals surface area contributed by atoms with Gasteiger partial charge in [0.1, 0.15) is 11.6 Å². The Morgan fingerprint density at radius 2 is 1.78 bits per heavy atom. The third kappa shape index (κ3) is 3.46. The van der Waals surface area contributed by atoms with Crippen LogP contribution in [0.15, 0.2) is 42.5 Å². The Morgan fingerprint density at radius 3 is 2.56 bits per heavy atom. The van der Waals surface area contributed by atoms with Gasteiger partial charge in [0.05, 0.1) is 22.1 Å². The number of nitrogens with zero attached hydrogens (tertiary/aromatic N) is 3. The van der Waals surface area contributed by atoms with Gasteiger partial charge in [-0.2, -0.15) is 0 Å². The van der Waals surface area contributed by atoms with Gasteiger partial charge in [0, 0.05) is 24.5 Å². The van der Waals surface area contributed by atoms with E-state index < -0.39 is 11.6 Å². The molecule has 0 spiro atoms. The number of aromatic amines is 1. The predicted molar refractivity (Wildman–Crippen MR) is 104 cm³/mol. The van der Waals surface area contributed by atoms with Crippen molar-refractivity contribution in [1.29, 1.82) is 0 Å². The maximum absolute atomic E-state index is 13.7. The second kappa shape index (κ2) is 6.92. The van der Waals surface area contributed by atoms with Gasteiger partial charge in [-0.05, 0) is 38.4 Å². The molecule has 0 saturated carbocycles. The number of aromatic nitrogens is 3. The number of rotatable bonds is 5. The number of H-pyrrole nitrogens is 1. The summed E-state index contributed by atoms with van der Waals surface area (Å²) in [6.45, 7) is 1.46. The Morgan fingerprint density at radius 1 is 1.00 bits per heavy atom. The smallest absolute Gasteiger partial charge is 0.161 e. The van der Waals surface area contributed by atoms with Crippen LogP contribution in [0.25, 0.3) is 33.3 Å². The van der Waals surface area contributed by atoms with Gasteiger partial charge in [0.2, 0.25) is 0 Å². The molecule has 7 heteroatoms. The molecule has 2 heterocycles. The number of imidazole rings is 1. The standard InChI is InChI=1S/C20H19F2N5/c1-27(2)8-7-23-19-13(20-24-16-5-3-4-6-17(16)25-20)9-12-10-14(21)15(22)11-18(12)26-19/h3-6,9-11H,7-8H2,1-2H3,(H,23,26)(H,24,25). The Hall–Kier alpha value is -3.06. The van der Waals surface area contributed by atoms with Gasteiger partial charge >= 0.3 is 0 Å². The van der Waals surface area contributed by atoms with Gasteiger partial charge in [0.15, 0.2) is 11.6 Å². The summed E-state index contributed by atoms with van der Waals surface area (Å²) in [7, 11) is 3.96. The summed E-state index contributed by atoms with van der Waals surface area (Å²) in [6, 6.07) is 11.8. The topological polar surface area (TPSA) is 56.8 Å². The van der Waals surface area contributed by atoms with Crippen LogP contribution in [-0.4, -0.2) is 47.0 Å². The highest BCUT2D eigenvalue weighted by Gasteiger charge is 2.15. The van der Waals surface area contributed by atoms with Crippen LogP contribution >= 0.6 is 0 Å². The fourth-order valence-corrected chi connectivity index (χ4v) is 2.96. The van der Waals surface area contributed by atoms with Crippen LogP contribution in [0.3, 0.4) is 0 Å². The summed E-state index contributed by atoms with van der Waals surface area (Å²) >= 11 is 0. The Kier molecular flexibility index (Phi) is 4.45. The highest BCUT2D eigenvalue weighted by Crippen LogP contribution is 2.30. The second-order valence-electron chi connectivity index (χ2n) is 6.68. The first kappa shape index (κ1) is 17.4. The number of anilines is 1. The van der Waals surface area contributed by atoms with Gasteiger partial charge in [-0.15, -0.1) is 0 Å². The lowest BCUT2D eigenvalue weighted by molar-refractivity contribution is 0.425. The van der Waals surface area contributed by atoms with Gasteiger partial charge in [-0.3, -0.25) is 0 Å². The quantitative estimate of drug-likeness (QED) is 0.559. The number of pyridine rings is 1. The van der Waals surface area contributed by atoms with Crippen molar-refractivity contribution < 1.29 is 8.78 Å². The van der Waals surface area contributed by atoms with E-state index in [0.29, 0.717) is 34.7 Å². The molecular formula is C20H19F2N5. The minimum Gasteiger partial charge on any atom is -0.368 e. The van der Waals surface area contributed by atoms with Crippen LogP contribution in [0.5, 0.6) is 0 Å². The first-order valence-corrected chi connectivity index (χ1v) is 8.65. The minimum atomic E-state index is -0.911. The number of nitrogens with one attached hydrogen (secondary N) is 2. The van der Waals surface area contributed by atoms with E-state index in [2.05, 4.69) is 20.3 Å². The zero-order valence-corrected chi connectivity index (χ0v) is 15.1. The molecule has 0 aliphatic heterocycles. The maximum atomic E-state index is 13.7. The number of halogens is 2. The van der Waals surface area contributed by atoms with Gasteiger partial charge in [0.25, 0.3) is 0 Å². The predicted octanol–water partition coefficient (Wildman–Crippen LogP) is 4.03. The number of para-hydroxylation sites is 2. The molecule has 138 valence electrons. The van der Waals surface area contributed by atoms with Crippen LogP contribution < -0.4 is 5.32 Å². The average Bonchev–Trinajstić information content (AvgIpc) is 3.06. The molecule has 0 aliphatic rings. The van der Waals surface area contributed by atoms with Gasteiger partial charge in [-0.25, -0.2) is 18.7 Å². The summed E-state index contributed by atoms with van der Waals surface area (Å²) in [5.41, 5.74) is 2.83. The van der Waals surface area contributed by atoms with Crippen LogP contribution in [0.4, 0.5) is 14.6 Å². The lowest BCUT2D eigenvalue weighted by atomic mass is 10.1. The summed E-state index contributed by atoms with van der Waals surface area (Å²) in [4.78, 5) is 14.5. The van der Waals surface area contributed by atoms with Crippen molar-refractivity contribution in [3.63, 3.8) is 0 Å². The van der Waals surface area contributed by atoms with Crippen molar-refractivity contribution >= 4 is 27.8 Å². The summed E-state index contributed by atoms with van der Waals surface area (Å²) in [5, 5.41) is 3.80. The number of hydrogen-bond donors (Lipinski definition) is 2. The fraction of sp³-hybridized carbons (Fsp3) is 0.200. The van der Waals surface area contributed by atoms with Crippen molar-refractivity contribution in [1.82, 2.24) is 19.9 Å². The Labute approximate surface area is 155 Å². The number of likely N-dealkylation sites (N-methyl/N-ethyl adjacent to an activating group) is 1. The monoisotopic (exact) mass is 367 g/mol. The van der Waals surface area contributed by atoms with E-state index in [-0.39, 0.29) is 0 Å². The molecule has 5 nitrogen and oxygen atoms in total. The molecule has 0 amide bonds. The van der Waals surface area contributed by atoms with Gasteiger partial charge < -0.3 is 15.2 Å². The van der Waals surface area contributed by atoms with Crippen LogP contribution in [0.2, 0.25) is 0 Å². The molecule has 27 heavy (non-hydrogen) atoms. The highest BCUT2D eigenvalue weighted by molar-refractivity contribution is 5.90. The fourth-order valence-electron chi connectivity index (χ4n) is 2.96. The van der Waals surface area contributed by atoms with E-state index in [9.17, 15) is 8.78 Å². The van der Waals surface area contributed by atoms with Crippen LogP contribution in [0, 0.1) is 11.6 Å². The molecule has 2 aromatic heterocycles. The third-order valence-corrected chi connectivity index (χ3v) is 4.35. The molecule has 2 aromatic carbocycles. The lowest BCUT2D eigenvalue weighted by Crippen LogP contribution is -2.21. The second-order valence-corrected chi connectivity index (χ2v) is 6.68. The van der Waals surface area contributed by atoms with Crippen molar-refractivity contribution in [3.05, 3.63) is 54.1 Å². The molecule has 0 saturated heterocycles. The maximum Gasteiger partial charge on any atom is 0.161 e. The molecule has 0 atom stereocenters. The summed E-state index contributed by atoms with van der Waals surface area (Å²) in [5.74, 6) is -0.601. The Balaban J connectivity index is 1.85. The molecule has 4 rings (SSSR count). The van der Waals surface area contributed by atoms with E-state index in [4.69, 9.17) is 0 Å². The minimum absolute atomic E-state index is 0.390. The molecule has 2 N–H and O–H groups in total. The number of hydrogen-bond acceptors (Lipinski definition) is 4. The van der Waals surface area contributed by atoms with E-state index in [1.807, 2.05) is 43.3 Å². The van der Waals surface area contributed by atoms with Crippen molar-refractivity contribution in [2.45, 2.75) is 0 Å². The number of benzene rings is 2. The molecule has 0 fully saturated rings. The average molecular weight is 367 g/mol. The van der Waals surface area contributed by atoms with E-state index >= 15 is 0 Å². The van der Waals surface area contributed by atoms with Crippen molar-refractivity contribution in [2.24, 2.45) is 0 Å². The van der Waals surface area contributed by atoms with E-state index in [1.54, 1.807) is 6.07 Å². The van der Waals surface area contributed by atoms with E-state index in [0.717, 1.165) is 29.7 Å². The molecule has 0 aliphatic carbocycles.